The van der Waals surface area contributed by atoms with Gasteiger partial charge in [-0.15, -0.1) is 0 Å². The van der Waals surface area contributed by atoms with Crippen molar-refractivity contribution >= 4 is 23.7 Å². The third-order valence-corrected chi connectivity index (χ3v) is 7.33. The highest BCUT2D eigenvalue weighted by Crippen LogP contribution is 2.52. The van der Waals surface area contributed by atoms with Crippen LogP contribution in [0.1, 0.15) is 17.0 Å². The fraction of sp³-hybridized carbons (Fsp3) is 0.310. The van der Waals surface area contributed by atoms with Crippen molar-refractivity contribution in [1.82, 2.24) is 0 Å². The van der Waals surface area contributed by atoms with Crippen LogP contribution in [0.15, 0.2) is 60.2 Å². The lowest BCUT2D eigenvalue weighted by molar-refractivity contribution is -0.162. The molecular weight excluding hydrogens is 540 g/mol. The van der Waals surface area contributed by atoms with E-state index < -0.39 is 71.1 Å². The smallest absolute Gasteiger partial charge is 0.347 e. The molecule has 0 saturated heterocycles. The molecule has 2 aromatic rings. The lowest BCUT2D eigenvalue weighted by Crippen LogP contribution is -2.55. The van der Waals surface area contributed by atoms with Crippen molar-refractivity contribution in [3.05, 3.63) is 71.3 Å². The van der Waals surface area contributed by atoms with E-state index in [0.717, 1.165) is 20.3 Å². The quantitative estimate of drug-likeness (QED) is 0.133. The second-order valence-corrected chi connectivity index (χ2v) is 9.70. The molecule has 0 amide bonds. The molecule has 6 atom stereocenters. The van der Waals surface area contributed by atoms with Crippen molar-refractivity contribution in [3.8, 4) is 23.0 Å². The van der Waals surface area contributed by atoms with Crippen LogP contribution in [0.2, 0.25) is 0 Å². The number of hydrogen-bond acceptors (Lipinski definition) is 12. The zero-order chi connectivity index (χ0) is 30.0. The maximum absolute atomic E-state index is 13.0. The number of rotatable bonds is 8. The fourth-order valence-corrected chi connectivity index (χ4v) is 5.40. The molecule has 1 fully saturated rings. The predicted molar refractivity (Wildman–Crippen MR) is 139 cm³/mol. The number of ketones is 1. The average molecular weight is 569 g/mol. The van der Waals surface area contributed by atoms with Crippen LogP contribution in [-0.2, 0) is 39.8 Å². The lowest BCUT2D eigenvalue weighted by atomic mass is 9.56. The molecule has 41 heavy (non-hydrogen) atoms. The normalized spacial score (nSPS) is 24.0. The summed E-state index contributed by atoms with van der Waals surface area (Å²) in [6, 6.07) is 7.75. The van der Waals surface area contributed by atoms with Gasteiger partial charge in [0.1, 0.15) is 6.10 Å². The molecule has 12 nitrogen and oxygen atoms in total. The van der Waals surface area contributed by atoms with Gasteiger partial charge in [-0.25, -0.2) is 9.59 Å². The molecule has 3 aliphatic rings. The summed E-state index contributed by atoms with van der Waals surface area (Å²) in [5, 5.41) is 49.7. The van der Waals surface area contributed by atoms with Crippen LogP contribution < -0.4 is 0 Å². The van der Waals surface area contributed by atoms with Crippen LogP contribution in [0.4, 0.5) is 0 Å². The molecule has 0 aromatic heterocycles. The van der Waals surface area contributed by atoms with Crippen molar-refractivity contribution in [2.24, 2.45) is 17.8 Å². The number of hydrogen-bond donors (Lipinski definition) is 5. The summed E-state index contributed by atoms with van der Waals surface area (Å²) in [7, 11) is 2.26. The molecule has 3 aliphatic carbocycles. The number of fused-ring (bicyclic) bond motifs is 2. The highest BCUT2D eigenvalue weighted by Gasteiger charge is 2.56. The Bertz CT molecular complexity index is 1440. The Kier molecular flexibility index (Phi) is 8.33. The van der Waals surface area contributed by atoms with Gasteiger partial charge in [-0.05, 0) is 41.0 Å². The molecular formula is C29H28O12. The topological polar surface area (TPSA) is 197 Å². The molecule has 2 aromatic carbocycles. The first-order chi connectivity index (χ1) is 19.5. The summed E-state index contributed by atoms with van der Waals surface area (Å²) in [5.74, 6) is -8.80. The van der Waals surface area contributed by atoms with Crippen LogP contribution in [0.25, 0.3) is 0 Å². The van der Waals surface area contributed by atoms with E-state index in [2.05, 4.69) is 0 Å². The van der Waals surface area contributed by atoms with Crippen LogP contribution in [0, 0.1) is 17.8 Å². The Morgan fingerprint density at radius 3 is 2.17 bits per heavy atom. The van der Waals surface area contributed by atoms with Crippen molar-refractivity contribution in [3.63, 3.8) is 0 Å². The van der Waals surface area contributed by atoms with E-state index in [1.54, 1.807) is 0 Å². The van der Waals surface area contributed by atoms with Crippen LogP contribution >= 0.6 is 0 Å². The number of methoxy groups -OCH3 is 2. The average Bonchev–Trinajstić information content (AvgIpc) is 2.95. The van der Waals surface area contributed by atoms with Crippen LogP contribution in [-0.4, -0.2) is 75.7 Å². The van der Waals surface area contributed by atoms with Crippen molar-refractivity contribution < 1.29 is 58.9 Å². The molecule has 0 radical (unpaired) electrons. The van der Waals surface area contributed by atoms with Gasteiger partial charge in [0.25, 0.3) is 0 Å². The summed E-state index contributed by atoms with van der Waals surface area (Å²) in [6.45, 7) is 0. The number of aromatic hydroxyl groups is 4. The molecule has 2 bridgehead atoms. The maximum Gasteiger partial charge on any atom is 0.347 e. The molecule has 5 rings (SSSR count). The van der Waals surface area contributed by atoms with E-state index in [1.165, 1.54) is 48.6 Å². The van der Waals surface area contributed by atoms with Crippen molar-refractivity contribution in [2.75, 3.05) is 14.2 Å². The number of phenolic OH excluding ortho intramolecular Hbond substituents is 4. The van der Waals surface area contributed by atoms with E-state index >= 15 is 0 Å². The van der Waals surface area contributed by atoms with E-state index in [4.69, 9.17) is 14.2 Å². The number of phenols is 4. The Balaban J connectivity index is 1.61. The summed E-state index contributed by atoms with van der Waals surface area (Å²) in [6.07, 6.45) is 0.595. The Morgan fingerprint density at radius 1 is 0.902 bits per heavy atom. The number of esters is 3. The molecule has 0 unspecified atom stereocenters. The second-order valence-electron chi connectivity index (χ2n) is 9.70. The number of benzene rings is 2. The number of ether oxygens (including phenoxy) is 3. The minimum Gasteiger partial charge on any atom is -0.504 e. The largest absolute Gasteiger partial charge is 0.504 e. The summed E-state index contributed by atoms with van der Waals surface area (Å²) < 4.78 is 14.9. The van der Waals surface area contributed by atoms with E-state index in [0.29, 0.717) is 11.1 Å². The third-order valence-electron chi connectivity index (χ3n) is 7.33. The SMILES string of the molecule is COC(=O)[C@H]1[C@H]2C(C=CC(=O)O[C@@H](Cc3ccc(O)c(O)c3)C(=O)OC)=C[C@H](C(=O)[C@H]2O)[C@@H]1c1ccc(O)c(O)c1. The van der Waals surface area contributed by atoms with Gasteiger partial charge in [0.2, 0.25) is 6.10 Å². The van der Waals surface area contributed by atoms with Gasteiger partial charge < -0.3 is 39.7 Å². The second kappa shape index (κ2) is 11.7. The first-order valence-corrected chi connectivity index (χ1v) is 12.5. The highest BCUT2D eigenvalue weighted by molar-refractivity contribution is 5.95. The highest BCUT2D eigenvalue weighted by atomic mass is 16.6. The number of carbonyl (C=O) groups excluding carboxylic acids is 4. The number of carbonyl (C=O) groups is 4. The minimum absolute atomic E-state index is 0.174. The summed E-state index contributed by atoms with van der Waals surface area (Å²) in [4.78, 5) is 50.8. The maximum atomic E-state index is 13.0. The van der Waals surface area contributed by atoms with Gasteiger partial charge in [0, 0.05) is 30.3 Å². The zero-order valence-electron chi connectivity index (χ0n) is 22.0. The number of allylic oxidation sites excluding steroid dienone is 2. The van der Waals surface area contributed by atoms with Gasteiger partial charge in [-0.3, -0.25) is 9.59 Å². The van der Waals surface area contributed by atoms with E-state index in [1.807, 2.05) is 0 Å². The Labute approximate surface area is 233 Å². The van der Waals surface area contributed by atoms with Gasteiger partial charge in [-0.1, -0.05) is 24.3 Å². The molecule has 216 valence electrons. The van der Waals surface area contributed by atoms with Crippen molar-refractivity contribution in [2.45, 2.75) is 24.5 Å². The standard InChI is InChI=1S/C29H28O12/c1-39-28(37)21(10-13-3-6-17(30)19(32)9-13)41-22(34)8-5-14-11-16-23(15-4-7-18(31)20(33)12-15)25(29(38)40-2)24(14)27(36)26(16)35/h3-9,11-12,16,21,23-25,27,30-33,36H,10H2,1-2H3/t16-,21-,23-,24+,25+,27-/m0/s1. The van der Waals surface area contributed by atoms with Crippen LogP contribution in [0.3, 0.4) is 0 Å². The zero-order valence-corrected chi connectivity index (χ0v) is 22.0. The number of aliphatic hydroxyl groups excluding tert-OH is 1. The Morgan fingerprint density at radius 2 is 1.56 bits per heavy atom. The molecule has 5 N–H and O–H groups in total. The van der Waals surface area contributed by atoms with Gasteiger partial charge in [0.05, 0.1) is 20.1 Å². The molecule has 0 aliphatic heterocycles. The molecule has 12 heteroatoms. The Hall–Kier alpha value is -4.84. The monoisotopic (exact) mass is 568 g/mol. The van der Waals surface area contributed by atoms with Crippen LogP contribution in [0.5, 0.6) is 23.0 Å². The van der Waals surface area contributed by atoms with Gasteiger partial charge in [-0.2, -0.15) is 0 Å². The number of Topliss-reactive ketones (excluding diaryl/α,β-unsaturated/α-hetero) is 1. The molecule has 0 heterocycles. The summed E-state index contributed by atoms with van der Waals surface area (Å²) in [5.41, 5.74) is 1.02. The fourth-order valence-electron chi connectivity index (χ4n) is 5.40. The van der Waals surface area contributed by atoms with Gasteiger partial charge in [0.15, 0.2) is 28.8 Å². The van der Waals surface area contributed by atoms with E-state index in [-0.39, 0.29) is 23.5 Å². The van der Waals surface area contributed by atoms with Gasteiger partial charge >= 0.3 is 17.9 Å². The molecule has 0 spiro atoms. The predicted octanol–water partition coefficient (Wildman–Crippen LogP) is 1.38. The molecule has 1 saturated carbocycles. The lowest BCUT2D eigenvalue weighted by Gasteiger charge is -2.47. The third kappa shape index (κ3) is 5.73. The van der Waals surface area contributed by atoms with E-state index in [9.17, 15) is 44.7 Å². The van der Waals surface area contributed by atoms with Crippen molar-refractivity contribution in [1.29, 1.82) is 0 Å². The number of aliphatic hydroxyl groups is 1. The summed E-state index contributed by atoms with van der Waals surface area (Å²) >= 11 is 0. The first-order valence-electron chi connectivity index (χ1n) is 12.5. The minimum atomic E-state index is -1.59. The first kappa shape index (κ1) is 29.2.